The number of nitrogens with one attached hydrogen (secondary N) is 1. The van der Waals surface area contributed by atoms with Crippen LogP contribution >= 0.6 is 22.9 Å². The van der Waals surface area contributed by atoms with Crippen LogP contribution in [0.4, 0.5) is 0 Å². The van der Waals surface area contributed by atoms with Crippen molar-refractivity contribution in [3.63, 3.8) is 0 Å². The SMILES string of the molecule is Cc1ccc(S(=O)(=O)N(C)CC(=O)N/N=C/c2c(Cl)nc3sccn23)cc1. The maximum atomic E-state index is 12.5. The smallest absolute Gasteiger partial charge is 0.255 e. The van der Waals surface area contributed by atoms with Gasteiger partial charge in [-0.2, -0.15) is 9.41 Å². The summed E-state index contributed by atoms with van der Waals surface area (Å²) in [4.78, 5) is 17.0. The molecule has 0 spiro atoms. The first-order valence-corrected chi connectivity index (χ1v) is 10.4. The number of nitrogens with zero attached hydrogens (tertiary/aromatic N) is 4. The van der Waals surface area contributed by atoms with Gasteiger partial charge in [-0.25, -0.2) is 18.8 Å². The Bertz CT molecular complexity index is 1100. The van der Waals surface area contributed by atoms with E-state index in [4.69, 9.17) is 11.6 Å². The molecule has 2 heterocycles. The van der Waals surface area contributed by atoms with Crippen molar-refractivity contribution in [2.75, 3.05) is 13.6 Å². The van der Waals surface area contributed by atoms with Gasteiger partial charge < -0.3 is 0 Å². The van der Waals surface area contributed by atoms with Crippen LogP contribution in [0, 0.1) is 6.92 Å². The fourth-order valence-electron chi connectivity index (χ4n) is 2.27. The molecule has 0 unspecified atom stereocenters. The summed E-state index contributed by atoms with van der Waals surface area (Å²) in [5.74, 6) is -0.577. The fraction of sp³-hybridized carbons (Fsp3) is 0.188. The third-order valence-corrected chi connectivity index (χ3v) is 6.58. The maximum Gasteiger partial charge on any atom is 0.255 e. The third kappa shape index (κ3) is 4.19. The summed E-state index contributed by atoms with van der Waals surface area (Å²) in [6, 6.07) is 6.41. The van der Waals surface area contributed by atoms with Crippen molar-refractivity contribution in [2.24, 2.45) is 5.10 Å². The van der Waals surface area contributed by atoms with Gasteiger partial charge in [0, 0.05) is 18.6 Å². The van der Waals surface area contributed by atoms with E-state index >= 15 is 0 Å². The highest BCUT2D eigenvalue weighted by atomic mass is 35.5. The Balaban J connectivity index is 1.64. The molecule has 8 nitrogen and oxygen atoms in total. The minimum atomic E-state index is -3.76. The number of amides is 1. The topological polar surface area (TPSA) is 96.1 Å². The van der Waals surface area contributed by atoms with Gasteiger partial charge in [0.2, 0.25) is 10.0 Å². The normalized spacial score (nSPS) is 12.3. The molecule has 0 bridgehead atoms. The molecule has 0 atom stereocenters. The summed E-state index contributed by atoms with van der Waals surface area (Å²) in [6.07, 6.45) is 3.14. The highest BCUT2D eigenvalue weighted by Gasteiger charge is 2.22. The van der Waals surface area contributed by atoms with Gasteiger partial charge in [-0.15, -0.1) is 11.3 Å². The Kier molecular flexibility index (Phi) is 5.61. The van der Waals surface area contributed by atoms with Crippen LogP contribution < -0.4 is 5.43 Å². The standard InChI is InChI=1S/C16H16ClN5O3S2/c1-11-3-5-12(6-4-11)27(24,25)21(2)10-14(23)20-18-9-13-15(17)19-16-22(13)7-8-26-16/h3-9H,10H2,1-2H3,(H,20,23)/b18-9+. The summed E-state index contributed by atoms with van der Waals surface area (Å²) in [5, 5.41) is 5.95. The number of aromatic nitrogens is 2. The number of benzene rings is 1. The van der Waals surface area contributed by atoms with Gasteiger partial charge in [-0.05, 0) is 19.1 Å². The molecule has 2 aromatic heterocycles. The van der Waals surface area contributed by atoms with E-state index in [1.54, 1.807) is 22.7 Å². The number of rotatable bonds is 6. The Morgan fingerprint density at radius 2 is 2.11 bits per heavy atom. The van der Waals surface area contributed by atoms with E-state index in [1.807, 2.05) is 12.3 Å². The number of imidazole rings is 1. The number of carbonyl (C=O) groups is 1. The second kappa shape index (κ2) is 7.77. The quantitative estimate of drug-likeness (QED) is 0.483. The molecule has 1 N–H and O–H groups in total. The van der Waals surface area contributed by atoms with Crippen LogP contribution in [0.3, 0.4) is 0 Å². The number of thiazole rings is 1. The number of hydrazone groups is 1. The molecule has 27 heavy (non-hydrogen) atoms. The van der Waals surface area contributed by atoms with Crippen molar-refractivity contribution in [1.82, 2.24) is 19.1 Å². The first kappa shape index (κ1) is 19.5. The Labute approximate surface area is 165 Å². The predicted molar refractivity (Wildman–Crippen MR) is 105 cm³/mol. The van der Waals surface area contributed by atoms with E-state index in [-0.39, 0.29) is 16.6 Å². The van der Waals surface area contributed by atoms with E-state index in [1.165, 1.54) is 36.7 Å². The molecule has 0 aliphatic rings. The van der Waals surface area contributed by atoms with Gasteiger partial charge in [0.25, 0.3) is 5.91 Å². The van der Waals surface area contributed by atoms with Crippen molar-refractivity contribution in [2.45, 2.75) is 11.8 Å². The molecule has 3 rings (SSSR count). The largest absolute Gasteiger partial charge is 0.288 e. The predicted octanol–water partition coefficient (Wildman–Crippen LogP) is 2.13. The first-order chi connectivity index (χ1) is 12.8. The van der Waals surface area contributed by atoms with Gasteiger partial charge in [0.05, 0.1) is 17.7 Å². The zero-order valence-electron chi connectivity index (χ0n) is 14.5. The van der Waals surface area contributed by atoms with Gasteiger partial charge in [0.1, 0.15) is 5.69 Å². The van der Waals surface area contributed by atoms with Gasteiger partial charge in [-0.1, -0.05) is 29.3 Å². The maximum absolute atomic E-state index is 12.5. The summed E-state index contributed by atoms with van der Waals surface area (Å²) < 4.78 is 27.7. The van der Waals surface area contributed by atoms with E-state index < -0.39 is 15.9 Å². The molecule has 1 aromatic carbocycles. The first-order valence-electron chi connectivity index (χ1n) is 7.75. The molecular weight excluding hydrogens is 410 g/mol. The molecule has 142 valence electrons. The average molecular weight is 426 g/mol. The zero-order chi connectivity index (χ0) is 19.6. The van der Waals surface area contributed by atoms with Crippen molar-refractivity contribution in [1.29, 1.82) is 0 Å². The highest BCUT2D eigenvalue weighted by molar-refractivity contribution is 7.89. The van der Waals surface area contributed by atoms with Crippen LogP contribution in [0.15, 0.2) is 45.8 Å². The summed E-state index contributed by atoms with van der Waals surface area (Å²) in [7, 11) is -2.43. The lowest BCUT2D eigenvalue weighted by molar-refractivity contribution is -0.121. The molecule has 0 fully saturated rings. The van der Waals surface area contributed by atoms with Crippen molar-refractivity contribution in [3.05, 3.63) is 52.3 Å². The number of hydrogen-bond donors (Lipinski definition) is 1. The van der Waals surface area contributed by atoms with Crippen molar-refractivity contribution >= 4 is 50.0 Å². The van der Waals surface area contributed by atoms with Gasteiger partial charge in [0.15, 0.2) is 10.1 Å². The molecule has 0 aliphatic carbocycles. The second-order valence-electron chi connectivity index (χ2n) is 5.71. The van der Waals surface area contributed by atoms with Gasteiger partial charge in [-0.3, -0.25) is 9.20 Å². The number of aryl methyl sites for hydroxylation is 1. The lowest BCUT2D eigenvalue weighted by Crippen LogP contribution is -2.36. The fourth-order valence-corrected chi connectivity index (χ4v) is 4.39. The average Bonchev–Trinajstić information content (AvgIpc) is 3.17. The van der Waals surface area contributed by atoms with Crippen molar-refractivity contribution in [3.8, 4) is 0 Å². The van der Waals surface area contributed by atoms with Crippen LogP contribution in [-0.4, -0.2) is 47.8 Å². The van der Waals surface area contributed by atoms with E-state index in [9.17, 15) is 13.2 Å². The molecule has 0 radical (unpaired) electrons. The lowest BCUT2D eigenvalue weighted by Gasteiger charge is -2.16. The molecule has 0 saturated heterocycles. The Hall–Kier alpha value is -2.27. The molecule has 0 aliphatic heterocycles. The third-order valence-electron chi connectivity index (χ3n) is 3.73. The van der Waals surface area contributed by atoms with E-state index in [0.29, 0.717) is 10.7 Å². The van der Waals surface area contributed by atoms with Crippen LogP contribution in [0.5, 0.6) is 0 Å². The number of halogens is 1. The van der Waals surface area contributed by atoms with E-state index in [0.717, 1.165) is 9.87 Å². The number of carbonyl (C=O) groups excluding carboxylic acids is 1. The summed E-state index contributed by atoms with van der Waals surface area (Å²) in [6.45, 7) is 1.49. The van der Waals surface area contributed by atoms with Crippen LogP contribution in [0.25, 0.3) is 4.96 Å². The van der Waals surface area contributed by atoms with E-state index in [2.05, 4.69) is 15.5 Å². The molecule has 3 aromatic rings. The number of fused-ring (bicyclic) bond motifs is 1. The Morgan fingerprint density at radius 1 is 1.41 bits per heavy atom. The number of likely N-dealkylation sites (N-methyl/N-ethyl adjacent to an activating group) is 1. The van der Waals surface area contributed by atoms with Crippen LogP contribution in [-0.2, 0) is 14.8 Å². The molecule has 1 amide bonds. The molecule has 0 saturated carbocycles. The highest BCUT2D eigenvalue weighted by Crippen LogP contribution is 2.19. The number of hydrogen-bond acceptors (Lipinski definition) is 6. The summed E-state index contributed by atoms with van der Waals surface area (Å²) >= 11 is 7.45. The number of sulfonamides is 1. The second-order valence-corrected chi connectivity index (χ2v) is 8.99. The monoisotopic (exact) mass is 425 g/mol. The lowest BCUT2D eigenvalue weighted by atomic mass is 10.2. The summed E-state index contributed by atoms with van der Waals surface area (Å²) in [5.41, 5.74) is 3.77. The van der Waals surface area contributed by atoms with Crippen molar-refractivity contribution < 1.29 is 13.2 Å². The van der Waals surface area contributed by atoms with Crippen LogP contribution in [0.2, 0.25) is 5.15 Å². The van der Waals surface area contributed by atoms with Crippen LogP contribution in [0.1, 0.15) is 11.3 Å². The van der Waals surface area contributed by atoms with Gasteiger partial charge >= 0.3 is 0 Å². The zero-order valence-corrected chi connectivity index (χ0v) is 16.8. The molecule has 11 heteroatoms. The molecular formula is C16H16ClN5O3S2. The Morgan fingerprint density at radius 3 is 2.81 bits per heavy atom. The minimum Gasteiger partial charge on any atom is -0.288 e. The minimum absolute atomic E-state index is 0.123.